The number of aromatic nitrogens is 2. The van der Waals surface area contributed by atoms with Gasteiger partial charge in [-0.2, -0.15) is 0 Å². The molecule has 0 amide bonds. The van der Waals surface area contributed by atoms with Crippen molar-refractivity contribution >= 4 is 35.7 Å². The highest BCUT2D eigenvalue weighted by atomic mass is 79.9. The van der Waals surface area contributed by atoms with Crippen LogP contribution in [-0.4, -0.2) is 18.0 Å². The summed E-state index contributed by atoms with van der Waals surface area (Å²) in [6, 6.07) is 4.35. The van der Waals surface area contributed by atoms with Crippen molar-refractivity contribution in [3.05, 3.63) is 46.1 Å². The highest BCUT2D eigenvalue weighted by Crippen LogP contribution is 2.24. The molecule has 0 unspecified atom stereocenters. The minimum atomic E-state index is -3.88. The molecule has 0 aliphatic heterocycles. The number of hydrogen-bond acceptors (Lipinski definition) is 3. The van der Waals surface area contributed by atoms with Crippen LogP contribution in [0.5, 0.6) is 0 Å². The summed E-state index contributed by atoms with van der Waals surface area (Å²) in [5, 5.41) is -0.175. The van der Waals surface area contributed by atoms with Gasteiger partial charge in [-0.1, -0.05) is 35.8 Å². The fraction of sp³-hybridized carbons (Fsp3) is 0.308. The summed E-state index contributed by atoms with van der Waals surface area (Å²) in [6.45, 7) is 4.18. The van der Waals surface area contributed by atoms with E-state index >= 15 is 0 Å². The van der Waals surface area contributed by atoms with Gasteiger partial charge in [0, 0.05) is 33.8 Å². The molecule has 1 aromatic carbocycles. The summed E-state index contributed by atoms with van der Waals surface area (Å²) in [5.41, 5.74) is 0.814. The van der Waals surface area contributed by atoms with Crippen molar-refractivity contribution in [3.63, 3.8) is 0 Å². The largest absolute Gasteiger partial charge is 0.329 e. The van der Waals surface area contributed by atoms with Gasteiger partial charge in [0.25, 0.3) is 9.05 Å². The highest BCUT2D eigenvalue weighted by molar-refractivity contribution is 9.10. The van der Waals surface area contributed by atoms with Crippen molar-refractivity contribution < 1.29 is 12.8 Å². The first-order valence-corrected chi connectivity index (χ1v) is 9.24. The average molecular weight is 396 g/mol. The zero-order chi connectivity index (χ0) is 15.8. The van der Waals surface area contributed by atoms with Gasteiger partial charge < -0.3 is 4.57 Å². The molecule has 8 heteroatoms. The van der Waals surface area contributed by atoms with E-state index in [0.29, 0.717) is 16.8 Å². The fourth-order valence-electron chi connectivity index (χ4n) is 1.94. The van der Waals surface area contributed by atoms with Crippen LogP contribution in [0.3, 0.4) is 0 Å². The summed E-state index contributed by atoms with van der Waals surface area (Å²) in [4.78, 5) is 4.08. The monoisotopic (exact) mass is 394 g/mol. The zero-order valence-electron chi connectivity index (χ0n) is 11.3. The molecule has 1 aromatic heterocycles. The smallest absolute Gasteiger partial charge is 0.280 e. The van der Waals surface area contributed by atoms with E-state index in [9.17, 15) is 12.8 Å². The molecule has 0 aliphatic rings. The third-order valence-electron chi connectivity index (χ3n) is 2.91. The van der Waals surface area contributed by atoms with Crippen molar-refractivity contribution in [2.75, 3.05) is 0 Å². The Morgan fingerprint density at radius 1 is 1.43 bits per heavy atom. The molecule has 4 nitrogen and oxygen atoms in total. The Balaban J connectivity index is 2.45. The Labute approximate surface area is 135 Å². The molecule has 0 saturated heterocycles. The molecular formula is C13H13BrClFN2O2S. The predicted octanol–water partition coefficient (Wildman–Crippen LogP) is 3.88. The molecule has 0 bridgehead atoms. The molecule has 21 heavy (non-hydrogen) atoms. The van der Waals surface area contributed by atoms with E-state index in [2.05, 4.69) is 20.9 Å². The Morgan fingerprint density at radius 3 is 2.62 bits per heavy atom. The first-order chi connectivity index (χ1) is 9.68. The second-order valence-corrected chi connectivity index (χ2v) is 8.26. The molecular weight excluding hydrogens is 383 g/mol. The highest BCUT2D eigenvalue weighted by Gasteiger charge is 2.20. The van der Waals surface area contributed by atoms with E-state index in [0.717, 1.165) is 5.56 Å². The van der Waals surface area contributed by atoms with Gasteiger partial charge in [0.1, 0.15) is 11.6 Å². The van der Waals surface area contributed by atoms with Gasteiger partial charge in [-0.05, 0) is 17.7 Å². The average Bonchev–Trinajstić information content (AvgIpc) is 2.76. The molecule has 1 heterocycles. The summed E-state index contributed by atoms with van der Waals surface area (Å²) in [6.07, 6.45) is 1.40. The molecule has 114 valence electrons. The lowest BCUT2D eigenvalue weighted by atomic mass is 10.2. The molecule has 2 aromatic rings. The van der Waals surface area contributed by atoms with Gasteiger partial charge in [-0.25, -0.2) is 17.8 Å². The van der Waals surface area contributed by atoms with E-state index < -0.39 is 9.05 Å². The normalized spacial score (nSPS) is 12.1. The van der Waals surface area contributed by atoms with Crippen LogP contribution in [0.25, 0.3) is 0 Å². The van der Waals surface area contributed by atoms with Gasteiger partial charge in [0.2, 0.25) is 0 Å². The van der Waals surface area contributed by atoms with Gasteiger partial charge in [-0.3, -0.25) is 0 Å². The van der Waals surface area contributed by atoms with Gasteiger partial charge in [0.15, 0.2) is 5.03 Å². The molecule has 2 rings (SSSR count). The van der Waals surface area contributed by atoms with Crippen LogP contribution in [0.15, 0.2) is 33.9 Å². The van der Waals surface area contributed by atoms with Gasteiger partial charge in [-0.15, -0.1) is 0 Å². The van der Waals surface area contributed by atoms with E-state index in [1.54, 1.807) is 10.6 Å². The maximum Gasteiger partial charge on any atom is 0.280 e. The summed E-state index contributed by atoms with van der Waals surface area (Å²) in [5.74, 6) is 0.284. The third-order valence-corrected chi connectivity index (χ3v) is 4.82. The van der Waals surface area contributed by atoms with Crippen LogP contribution < -0.4 is 0 Å². The standard InChI is InChI=1S/C13H13BrClFN2O2S/c1-8(2)13-17-12(21(15,19)20)7-18(13)6-9-3-4-10(16)5-11(9)14/h3-5,7-8H,6H2,1-2H3. The molecule has 0 spiro atoms. The number of nitrogens with zero attached hydrogens (tertiary/aromatic N) is 2. The lowest BCUT2D eigenvalue weighted by Gasteiger charge is -2.11. The third kappa shape index (κ3) is 3.84. The molecule has 0 aliphatic carbocycles. The van der Waals surface area contributed by atoms with Crippen molar-refractivity contribution in [3.8, 4) is 0 Å². The van der Waals surface area contributed by atoms with Crippen LogP contribution in [0.1, 0.15) is 31.2 Å². The fourth-order valence-corrected chi connectivity index (χ4v) is 3.10. The predicted molar refractivity (Wildman–Crippen MR) is 82.6 cm³/mol. The molecule has 0 radical (unpaired) electrons. The van der Waals surface area contributed by atoms with E-state index in [1.165, 1.54) is 18.3 Å². The van der Waals surface area contributed by atoms with Crippen LogP contribution in [-0.2, 0) is 15.6 Å². The van der Waals surface area contributed by atoms with E-state index in [-0.39, 0.29) is 16.8 Å². The molecule has 0 saturated carbocycles. The number of hydrogen-bond donors (Lipinski definition) is 0. The quantitative estimate of drug-likeness (QED) is 0.738. The minimum absolute atomic E-state index is 0.0244. The van der Waals surface area contributed by atoms with E-state index in [4.69, 9.17) is 10.7 Å². The summed E-state index contributed by atoms with van der Waals surface area (Å²) < 4.78 is 38.3. The van der Waals surface area contributed by atoms with Crippen LogP contribution >= 0.6 is 26.6 Å². The molecule has 0 atom stereocenters. The van der Waals surface area contributed by atoms with E-state index in [1.807, 2.05) is 13.8 Å². The summed E-state index contributed by atoms with van der Waals surface area (Å²) >= 11 is 3.29. The second kappa shape index (κ2) is 6.06. The maximum atomic E-state index is 13.1. The summed E-state index contributed by atoms with van der Waals surface area (Å²) in [7, 11) is 1.46. The topological polar surface area (TPSA) is 52.0 Å². The Kier molecular flexibility index (Phi) is 4.75. The van der Waals surface area contributed by atoms with Crippen molar-refractivity contribution in [1.82, 2.24) is 9.55 Å². The zero-order valence-corrected chi connectivity index (χ0v) is 14.5. The van der Waals surface area contributed by atoms with Crippen LogP contribution in [0, 0.1) is 5.82 Å². The van der Waals surface area contributed by atoms with Crippen molar-refractivity contribution in [1.29, 1.82) is 0 Å². The maximum absolute atomic E-state index is 13.1. The first-order valence-electron chi connectivity index (χ1n) is 6.14. The van der Waals surface area contributed by atoms with Gasteiger partial charge in [0.05, 0.1) is 0 Å². The minimum Gasteiger partial charge on any atom is -0.329 e. The van der Waals surface area contributed by atoms with Gasteiger partial charge >= 0.3 is 0 Å². The van der Waals surface area contributed by atoms with Crippen LogP contribution in [0.2, 0.25) is 0 Å². The Bertz CT molecular complexity index is 774. The first kappa shape index (κ1) is 16.5. The van der Waals surface area contributed by atoms with Crippen molar-refractivity contribution in [2.45, 2.75) is 31.3 Å². The number of benzene rings is 1. The molecule has 0 N–H and O–H groups in total. The van der Waals surface area contributed by atoms with Crippen LogP contribution in [0.4, 0.5) is 4.39 Å². The lowest BCUT2D eigenvalue weighted by Crippen LogP contribution is -2.06. The number of rotatable bonds is 4. The number of halogens is 3. The Hall–Kier alpha value is -0.920. The SMILES string of the molecule is CC(C)c1nc(S(=O)(=O)Cl)cn1Cc1ccc(F)cc1Br. The second-order valence-electron chi connectivity index (χ2n) is 4.89. The van der Waals surface area contributed by atoms with Crippen molar-refractivity contribution in [2.24, 2.45) is 0 Å². The molecule has 0 fully saturated rings. The Morgan fingerprint density at radius 2 is 2.10 bits per heavy atom. The number of imidazole rings is 1. The lowest BCUT2D eigenvalue weighted by molar-refractivity contribution is 0.606.